The molecular weight excluding hydrogens is 176 g/mol. The first-order chi connectivity index (χ1) is 6.66. The van der Waals surface area contributed by atoms with E-state index < -0.39 is 0 Å². The molecule has 2 rings (SSSR count). The van der Waals surface area contributed by atoms with E-state index in [9.17, 15) is 5.11 Å². The van der Waals surface area contributed by atoms with E-state index in [1.807, 2.05) is 6.92 Å². The van der Waals surface area contributed by atoms with Gasteiger partial charge in [0, 0.05) is 18.6 Å². The number of aliphatic hydroxyl groups is 1. The molecule has 1 saturated carbocycles. The summed E-state index contributed by atoms with van der Waals surface area (Å²) in [4.78, 5) is 2.53. The maximum Gasteiger partial charge on any atom is 0.0552 e. The number of nitrogens with two attached hydrogens (primary N) is 1. The molecule has 1 heterocycles. The molecule has 0 amide bonds. The van der Waals surface area contributed by atoms with Crippen molar-refractivity contribution >= 4 is 0 Å². The quantitative estimate of drug-likeness (QED) is 0.682. The van der Waals surface area contributed by atoms with Gasteiger partial charge in [-0.15, -0.1) is 0 Å². The van der Waals surface area contributed by atoms with Crippen molar-refractivity contribution in [3.63, 3.8) is 0 Å². The van der Waals surface area contributed by atoms with Gasteiger partial charge in [0.1, 0.15) is 0 Å². The molecule has 4 atom stereocenters. The van der Waals surface area contributed by atoms with Gasteiger partial charge in [0.05, 0.1) is 6.10 Å². The molecule has 14 heavy (non-hydrogen) atoms. The van der Waals surface area contributed by atoms with E-state index >= 15 is 0 Å². The highest BCUT2D eigenvalue weighted by atomic mass is 16.3. The highest BCUT2D eigenvalue weighted by Crippen LogP contribution is 2.29. The predicted molar refractivity (Wildman–Crippen MR) is 57.0 cm³/mol. The lowest BCUT2D eigenvalue weighted by atomic mass is 10.0. The second kappa shape index (κ2) is 4.17. The van der Waals surface area contributed by atoms with Crippen LogP contribution in [0.4, 0.5) is 0 Å². The zero-order valence-electron chi connectivity index (χ0n) is 9.02. The van der Waals surface area contributed by atoms with Crippen molar-refractivity contribution in [2.75, 3.05) is 13.1 Å². The van der Waals surface area contributed by atoms with Crippen LogP contribution in [-0.2, 0) is 0 Å². The van der Waals surface area contributed by atoms with Gasteiger partial charge in [-0.05, 0) is 45.1 Å². The third-order valence-corrected chi connectivity index (χ3v) is 3.90. The second-order valence-corrected chi connectivity index (χ2v) is 5.01. The molecule has 2 aliphatic rings. The zero-order valence-corrected chi connectivity index (χ0v) is 9.02. The van der Waals surface area contributed by atoms with Crippen LogP contribution in [-0.4, -0.2) is 41.3 Å². The van der Waals surface area contributed by atoms with E-state index in [0.717, 1.165) is 25.9 Å². The van der Waals surface area contributed by atoms with Crippen LogP contribution in [0.3, 0.4) is 0 Å². The Morgan fingerprint density at radius 1 is 1.36 bits per heavy atom. The van der Waals surface area contributed by atoms with Gasteiger partial charge in [-0.25, -0.2) is 0 Å². The van der Waals surface area contributed by atoms with Crippen molar-refractivity contribution in [3.05, 3.63) is 0 Å². The molecule has 1 aliphatic carbocycles. The molecule has 0 spiro atoms. The summed E-state index contributed by atoms with van der Waals surface area (Å²) in [6.07, 6.45) is 4.61. The molecule has 3 nitrogen and oxygen atoms in total. The van der Waals surface area contributed by atoms with Crippen molar-refractivity contribution in [3.8, 4) is 0 Å². The third kappa shape index (κ3) is 2.10. The molecule has 0 aromatic heterocycles. The fraction of sp³-hybridized carbons (Fsp3) is 1.00. The van der Waals surface area contributed by atoms with Crippen molar-refractivity contribution in [2.45, 2.75) is 50.8 Å². The normalized spacial score (nSPS) is 41.8. The molecule has 4 unspecified atom stereocenters. The summed E-state index contributed by atoms with van der Waals surface area (Å²) in [6, 6.07) is 1.12. The van der Waals surface area contributed by atoms with Crippen LogP contribution >= 0.6 is 0 Å². The van der Waals surface area contributed by atoms with Crippen molar-refractivity contribution in [1.82, 2.24) is 4.90 Å². The minimum absolute atomic E-state index is 0.143. The second-order valence-electron chi connectivity index (χ2n) is 5.01. The van der Waals surface area contributed by atoms with E-state index in [0.29, 0.717) is 18.0 Å². The smallest absolute Gasteiger partial charge is 0.0552 e. The summed E-state index contributed by atoms with van der Waals surface area (Å²) in [5, 5.41) is 9.51. The molecule has 2 fully saturated rings. The summed E-state index contributed by atoms with van der Waals surface area (Å²) in [5.41, 5.74) is 5.91. The average Bonchev–Trinajstić information content (AvgIpc) is 2.70. The standard InChI is InChI=1S/C11H22N2O/c1-8(14)9-4-5-13(7-9)11-3-2-10(12)6-11/h8-11,14H,2-7,12H2,1H3. The van der Waals surface area contributed by atoms with Crippen molar-refractivity contribution < 1.29 is 5.11 Å². The largest absolute Gasteiger partial charge is 0.393 e. The van der Waals surface area contributed by atoms with Crippen LogP contribution in [0.15, 0.2) is 0 Å². The number of hydrogen-bond donors (Lipinski definition) is 2. The van der Waals surface area contributed by atoms with Crippen LogP contribution in [0.25, 0.3) is 0 Å². The van der Waals surface area contributed by atoms with Crippen LogP contribution in [0.1, 0.15) is 32.6 Å². The Morgan fingerprint density at radius 3 is 2.64 bits per heavy atom. The topological polar surface area (TPSA) is 49.5 Å². The molecule has 1 aliphatic heterocycles. The highest BCUT2D eigenvalue weighted by molar-refractivity contribution is 4.89. The van der Waals surface area contributed by atoms with Crippen LogP contribution in [0.5, 0.6) is 0 Å². The zero-order chi connectivity index (χ0) is 10.1. The molecule has 3 heteroatoms. The maximum atomic E-state index is 9.51. The summed E-state index contributed by atoms with van der Waals surface area (Å²) in [5.74, 6) is 0.492. The molecule has 0 aromatic rings. The SMILES string of the molecule is CC(O)C1CCN(C2CCC(N)C2)C1. The number of rotatable bonds is 2. The number of hydrogen-bond acceptors (Lipinski definition) is 3. The van der Waals surface area contributed by atoms with Crippen molar-refractivity contribution in [2.24, 2.45) is 11.7 Å². The average molecular weight is 198 g/mol. The number of nitrogens with zero attached hydrogens (tertiary/aromatic N) is 1. The lowest BCUT2D eigenvalue weighted by Gasteiger charge is -2.24. The van der Waals surface area contributed by atoms with Gasteiger partial charge < -0.3 is 10.8 Å². The summed E-state index contributed by atoms with van der Waals surface area (Å²) < 4.78 is 0. The summed E-state index contributed by atoms with van der Waals surface area (Å²) in [6.45, 7) is 4.15. The summed E-state index contributed by atoms with van der Waals surface area (Å²) in [7, 11) is 0. The predicted octanol–water partition coefficient (Wildman–Crippen LogP) is 0.569. The van der Waals surface area contributed by atoms with Crippen molar-refractivity contribution in [1.29, 1.82) is 0 Å². The number of aliphatic hydroxyl groups excluding tert-OH is 1. The van der Waals surface area contributed by atoms with Crippen LogP contribution < -0.4 is 5.73 Å². The third-order valence-electron chi connectivity index (χ3n) is 3.90. The fourth-order valence-corrected chi connectivity index (χ4v) is 2.86. The first-order valence-electron chi connectivity index (χ1n) is 5.84. The lowest BCUT2D eigenvalue weighted by molar-refractivity contribution is 0.122. The molecule has 1 saturated heterocycles. The highest BCUT2D eigenvalue weighted by Gasteiger charge is 2.33. The molecule has 82 valence electrons. The van der Waals surface area contributed by atoms with E-state index in [2.05, 4.69) is 4.90 Å². The van der Waals surface area contributed by atoms with E-state index in [4.69, 9.17) is 5.73 Å². The number of likely N-dealkylation sites (tertiary alicyclic amines) is 1. The van der Waals surface area contributed by atoms with Gasteiger partial charge in [0.15, 0.2) is 0 Å². The Morgan fingerprint density at radius 2 is 2.14 bits per heavy atom. The maximum absolute atomic E-state index is 9.51. The minimum atomic E-state index is -0.143. The van der Waals surface area contributed by atoms with E-state index in [-0.39, 0.29) is 6.10 Å². The Hall–Kier alpha value is -0.120. The molecular formula is C11H22N2O. The summed E-state index contributed by atoms with van der Waals surface area (Å²) >= 11 is 0. The fourth-order valence-electron chi connectivity index (χ4n) is 2.86. The lowest BCUT2D eigenvalue weighted by Crippen LogP contribution is -2.33. The first kappa shape index (κ1) is 10.4. The van der Waals surface area contributed by atoms with Gasteiger partial charge in [-0.2, -0.15) is 0 Å². The molecule has 0 radical (unpaired) electrons. The molecule has 3 N–H and O–H groups in total. The van der Waals surface area contributed by atoms with Gasteiger partial charge >= 0.3 is 0 Å². The minimum Gasteiger partial charge on any atom is -0.393 e. The van der Waals surface area contributed by atoms with Gasteiger partial charge in [0.25, 0.3) is 0 Å². The first-order valence-corrected chi connectivity index (χ1v) is 5.84. The molecule has 0 aromatic carbocycles. The Bertz CT molecular complexity index is 196. The Balaban J connectivity index is 1.83. The Labute approximate surface area is 86.3 Å². The van der Waals surface area contributed by atoms with Gasteiger partial charge in [-0.1, -0.05) is 0 Å². The van der Waals surface area contributed by atoms with E-state index in [1.165, 1.54) is 12.8 Å². The van der Waals surface area contributed by atoms with Crippen LogP contribution in [0.2, 0.25) is 0 Å². The Kier molecular flexibility index (Phi) is 3.10. The van der Waals surface area contributed by atoms with Gasteiger partial charge in [0.2, 0.25) is 0 Å². The van der Waals surface area contributed by atoms with E-state index in [1.54, 1.807) is 0 Å². The van der Waals surface area contributed by atoms with Gasteiger partial charge in [-0.3, -0.25) is 4.90 Å². The van der Waals surface area contributed by atoms with Crippen LogP contribution in [0, 0.1) is 5.92 Å². The molecule has 0 bridgehead atoms. The monoisotopic (exact) mass is 198 g/mol.